The fourth-order valence-electron chi connectivity index (χ4n) is 2.92. The van der Waals surface area contributed by atoms with Crippen LogP contribution in [0.25, 0.3) is 0 Å². The number of rotatable bonds is 5. The van der Waals surface area contributed by atoms with Gasteiger partial charge in [0.05, 0.1) is 6.54 Å². The predicted octanol–water partition coefficient (Wildman–Crippen LogP) is 2.46. The molecule has 7 heteroatoms. The van der Waals surface area contributed by atoms with Crippen molar-refractivity contribution in [2.75, 3.05) is 50.0 Å². The number of nitrogens with zero attached hydrogens (tertiary/aromatic N) is 2. The summed E-state index contributed by atoms with van der Waals surface area (Å²) in [7, 11) is 2.13. The molecule has 27 heavy (non-hydrogen) atoms. The zero-order valence-electron chi connectivity index (χ0n) is 15.2. The van der Waals surface area contributed by atoms with E-state index in [4.69, 9.17) is 11.6 Å². The van der Waals surface area contributed by atoms with E-state index >= 15 is 0 Å². The summed E-state index contributed by atoms with van der Waals surface area (Å²) in [6.45, 7) is 3.98. The molecule has 0 aliphatic carbocycles. The molecule has 3 rings (SSSR count). The van der Waals surface area contributed by atoms with Crippen LogP contribution in [0.1, 0.15) is 10.4 Å². The second-order valence-corrected chi connectivity index (χ2v) is 7.01. The summed E-state index contributed by atoms with van der Waals surface area (Å²) in [6, 6.07) is 14.4. The van der Waals surface area contributed by atoms with E-state index in [1.54, 1.807) is 24.3 Å². The highest BCUT2D eigenvalue weighted by atomic mass is 35.5. The summed E-state index contributed by atoms with van der Waals surface area (Å²) in [5.74, 6) is -0.615. The molecule has 0 aromatic heterocycles. The van der Waals surface area contributed by atoms with Gasteiger partial charge in [0.2, 0.25) is 5.91 Å². The first kappa shape index (κ1) is 19.2. The molecule has 2 aromatic carbocycles. The Morgan fingerprint density at radius 3 is 2.41 bits per heavy atom. The van der Waals surface area contributed by atoms with Gasteiger partial charge in [-0.1, -0.05) is 17.7 Å². The van der Waals surface area contributed by atoms with E-state index in [-0.39, 0.29) is 18.4 Å². The molecule has 1 aliphatic heterocycles. The topological polar surface area (TPSA) is 64.7 Å². The standard InChI is InChI=1S/C20H23ClN4O2/c1-24-9-11-25(12-10-24)18-7-5-17(6-8-18)23-19(26)14-22-20(27)15-3-2-4-16(21)13-15/h2-8,13H,9-12,14H2,1H3,(H,22,27)(H,23,26). The summed E-state index contributed by atoms with van der Waals surface area (Å²) in [4.78, 5) is 28.7. The van der Waals surface area contributed by atoms with Crippen LogP contribution in [-0.2, 0) is 4.79 Å². The second kappa shape index (κ2) is 8.88. The van der Waals surface area contributed by atoms with Crippen LogP contribution in [0, 0.1) is 0 Å². The minimum Gasteiger partial charge on any atom is -0.369 e. The Morgan fingerprint density at radius 2 is 1.74 bits per heavy atom. The van der Waals surface area contributed by atoms with Crippen LogP contribution in [0.4, 0.5) is 11.4 Å². The maximum atomic E-state index is 12.1. The maximum absolute atomic E-state index is 12.1. The number of anilines is 2. The third kappa shape index (κ3) is 5.45. The fraction of sp³-hybridized carbons (Fsp3) is 0.300. The average Bonchev–Trinajstić information content (AvgIpc) is 2.67. The first-order chi connectivity index (χ1) is 13.0. The fourth-order valence-corrected chi connectivity index (χ4v) is 3.11. The highest BCUT2D eigenvalue weighted by Gasteiger charge is 2.14. The Morgan fingerprint density at radius 1 is 1.04 bits per heavy atom. The van der Waals surface area contributed by atoms with Gasteiger partial charge in [-0.15, -0.1) is 0 Å². The smallest absolute Gasteiger partial charge is 0.251 e. The number of carbonyl (C=O) groups is 2. The Balaban J connectivity index is 1.48. The van der Waals surface area contributed by atoms with Gasteiger partial charge in [-0.2, -0.15) is 0 Å². The van der Waals surface area contributed by atoms with Crippen molar-refractivity contribution >= 4 is 34.8 Å². The first-order valence-corrected chi connectivity index (χ1v) is 9.26. The van der Waals surface area contributed by atoms with Crippen molar-refractivity contribution in [3.63, 3.8) is 0 Å². The lowest BCUT2D eigenvalue weighted by Crippen LogP contribution is -2.44. The SMILES string of the molecule is CN1CCN(c2ccc(NC(=O)CNC(=O)c3cccc(Cl)c3)cc2)CC1. The second-order valence-electron chi connectivity index (χ2n) is 6.58. The molecular formula is C20H23ClN4O2. The molecule has 2 amide bonds. The van der Waals surface area contributed by atoms with Crippen molar-refractivity contribution in [1.29, 1.82) is 0 Å². The van der Waals surface area contributed by atoms with Crippen molar-refractivity contribution in [2.24, 2.45) is 0 Å². The molecule has 1 saturated heterocycles. The molecule has 0 unspecified atom stereocenters. The number of hydrogen-bond acceptors (Lipinski definition) is 4. The van der Waals surface area contributed by atoms with E-state index in [1.807, 2.05) is 24.3 Å². The number of carbonyl (C=O) groups excluding carboxylic acids is 2. The summed E-state index contributed by atoms with van der Waals surface area (Å²) in [6.07, 6.45) is 0. The number of amides is 2. The summed E-state index contributed by atoms with van der Waals surface area (Å²) in [5.41, 5.74) is 2.28. The molecule has 0 saturated carbocycles. The number of piperazine rings is 1. The van der Waals surface area contributed by atoms with Crippen LogP contribution in [0.3, 0.4) is 0 Å². The number of hydrogen-bond donors (Lipinski definition) is 2. The highest BCUT2D eigenvalue weighted by molar-refractivity contribution is 6.31. The van der Waals surface area contributed by atoms with Crippen LogP contribution < -0.4 is 15.5 Å². The van der Waals surface area contributed by atoms with Crippen LogP contribution in [0.5, 0.6) is 0 Å². The molecule has 2 aromatic rings. The van der Waals surface area contributed by atoms with Crippen LogP contribution in [0.2, 0.25) is 5.02 Å². The van der Waals surface area contributed by atoms with E-state index in [0.717, 1.165) is 31.9 Å². The van der Waals surface area contributed by atoms with Gasteiger partial charge in [0.15, 0.2) is 0 Å². The van der Waals surface area contributed by atoms with Crippen molar-refractivity contribution in [2.45, 2.75) is 0 Å². The first-order valence-electron chi connectivity index (χ1n) is 8.88. The number of benzene rings is 2. The minimum atomic E-state index is -0.335. The van der Waals surface area contributed by atoms with Crippen molar-refractivity contribution < 1.29 is 9.59 Å². The van der Waals surface area contributed by atoms with E-state index in [2.05, 4.69) is 27.5 Å². The van der Waals surface area contributed by atoms with Crippen molar-refractivity contribution in [3.05, 3.63) is 59.1 Å². The van der Waals surface area contributed by atoms with Gasteiger partial charge in [-0.3, -0.25) is 9.59 Å². The lowest BCUT2D eigenvalue weighted by Gasteiger charge is -2.34. The normalized spacial score (nSPS) is 14.7. The average molecular weight is 387 g/mol. The van der Waals surface area contributed by atoms with E-state index in [9.17, 15) is 9.59 Å². The van der Waals surface area contributed by atoms with Crippen LogP contribution in [0.15, 0.2) is 48.5 Å². The minimum absolute atomic E-state index is 0.106. The van der Waals surface area contributed by atoms with E-state index < -0.39 is 0 Å². The van der Waals surface area contributed by atoms with E-state index in [1.165, 1.54) is 0 Å². The van der Waals surface area contributed by atoms with Crippen LogP contribution in [-0.4, -0.2) is 56.5 Å². The summed E-state index contributed by atoms with van der Waals surface area (Å²) < 4.78 is 0. The molecule has 0 radical (unpaired) electrons. The summed E-state index contributed by atoms with van der Waals surface area (Å²) >= 11 is 5.87. The molecular weight excluding hydrogens is 364 g/mol. The lowest BCUT2D eigenvalue weighted by molar-refractivity contribution is -0.115. The third-order valence-electron chi connectivity index (χ3n) is 4.52. The van der Waals surface area contributed by atoms with Crippen LogP contribution >= 0.6 is 11.6 Å². The zero-order valence-corrected chi connectivity index (χ0v) is 16.0. The number of halogens is 1. The lowest BCUT2D eigenvalue weighted by atomic mass is 10.2. The molecule has 1 fully saturated rings. The van der Waals surface area contributed by atoms with Gasteiger partial charge in [0.1, 0.15) is 0 Å². The summed E-state index contributed by atoms with van der Waals surface area (Å²) in [5, 5.41) is 5.86. The highest BCUT2D eigenvalue weighted by Crippen LogP contribution is 2.19. The van der Waals surface area contributed by atoms with Crippen molar-refractivity contribution in [1.82, 2.24) is 10.2 Å². The third-order valence-corrected chi connectivity index (χ3v) is 4.75. The molecule has 0 atom stereocenters. The van der Waals surface area contributed by atoms with Gasteiger partial charge in [0.25, 0.3) is 5.91 Å². The molecule has 6 nitrogen and oxygen atoms in total. The number of likely N-dealkylation sites (N-methyl/N-ethyl adjacent to an activating group) is 1. The quantitative estimate of drug-likeness (QED) is 0.828. The van der Waals surface area contributed by atoms with Gasteiger partial charge >= 0.3 is 0 Å². The monoisotopic (exact) mass is 386 g/mol. The molecule has 0 bridgehead atoms. The van der Waals surface area contributed by atoms with Gasteiger partial charge in [-0.05, 0) is 49.5 Å². The molecule has 1 aliphatic rings. The molecule has 2 N–H and O–H groups in total. The Labute approximate surface area is 164 Å². The maximum Gasteiger partial charge on any atom is 0.251 e. The Kier molecular flexibility index (Phi) is 6.32. The predicted molar refractivity (Wildman–Crippen MR) is 109 cm³/mol. The number of nitrogens with one attached hydrogen (secondary N) is 2. The zero-order chi connectivity index (χ0) is 19.2. The van der Waals surface area contributed by atoms with Gasteiger partial charge < -0.3 is 20.4 Å². The Bertz CT molecular complexity index is 802. The largest absolute Gasteiger partial charge is 0.369 e. The van der Waals surface area contributed by atoms with E-state index in [0.29, 0.717) is 16.3 Å². The van der Waals surface area contributed by atoms with Gasteiger partial charge in [0, 0.05) is 48.1 Å². The molecule has 1 heterocycles. The van der Waals surface area contributed by atoms with Gasteiger partial charge in [-0.25, -0.2) is 0 Å². The molecule has 142 valence electrons. The molecule has 0 spiro atoms. The van der Waals surface area contributed by atoms with Crippen molar-refractivity contribution in [3.8, 4) is 0 Å². The Hall–Kier alpha value is -2.57.